The summed E-state index contributed by atoms with van der Waals surface area (Å²) in [4.78, 5) is 15.8. The highest BCUT2D eigenvalue weighted by Gasteiger charge is 2.46. The number of hydrogen-bond acceptors (Lipinski definition) is 4. The van der Waals surface area contributed by atoms with Gasteiger partial charge in [0, 0.05) is 27.5 Å². The first-order valence-corrected chi connectivity index (χ1v) is 21.0. The minimum Gasteiger partial charge on any atom is -0.455 e. The Morgan fingerprint density at radius 2 is 0.774 bits per heavy atom. The number of hydrogen-bond donors (Lipinski definition) is 0. The van der Waals surface area contributed by atoms with E-state index in [1.54, 1.807) is 0 Å². The summed E-state index contributed by atoms with van der Waals surface area (Å²) >= 11 is 0. The Morgan fingerprint density at radius 1 is 0.290 bits per heavy atom. The molecule has 2 aromatic heterocycles. The number of rotatable bonds is 7. The molecule has 11 aromatic rings. The summed E-state index contributed by atoms with van der Waals surface area (Å²) < 4.78 is 7.02. The van der Waals surface area contributed by atoms with Crippen LogP contribution in [-0.2, 0) is 5.41 Å². The standard InChI is InChI=1S/C58H37N3O/c1-5-19-38(20-6-1)42-36-49(39-21-7-2-8-22-39)54-50(37-42)47-31-18-32-48(53(47)62-54)57-60-55(40-23-9-3-10-24-40)59-56(61-57)41-25-17-28-44(35-41)58(43-26-11-4-12-27-43)51-33-15-13-29-45(51)46-30-14-16-34-52(46)58/h1-37H. The molecule has 290 valence electrons. The molecule has 1 aliphatic rings. The molecule has 0 saturated carbocycles. The van der Waals surface area contributed by atoms with Gasteiger partial charge in [-0.1, -0.05) is 200 Å². The van der Waals surface area contributed by atoms with E-state index in [4.69, 9.17) is 19.4 Å². The lowest BCUT2D eigenvalue weighted by molar-refractivity contribution is 0.670. The van der Waals surface area contributed by atoms with Crippen molar-refractivity contribution in [2.75, 3.05) is 0 Å². The molecule has 0 aliphatic heterocycles. The van der Waals surface area contributed by atoms with Gasteiger partial charge in [-0.05, 0) is 74.3 Å². The fourth-order valence-electron chi connectivity index (χ4n) is 9.65. The summed E-state index contributed by atoms with van der Waals surface area (Å²) in [6.45, 7) is 0. The van der Waals surface area contributed by atoms with Gasteiger partial charge in [-0.15, -0.1) is 0 Å². The van der Waals surface area contributed by atoms with E-state index in [1.165, 1.54) is 27.8 Å². The maximum absolute atomic E-state index is 7.02. The van der Waals surface area contributed by atoms with Crippen LogP contribution in [0.3, 0.4) is 0 Å². The van der Waals surface area contributed by atoms with Crippen molar-refractivity contribution in [2.24, 2.45) is 0 Å². The molecule has 0 atom stereocenters. The Bertz CT molecular complexity index is 3410. The van der Waals surface area contributed by atoms with Crippen molar-refractivity contribution in [1.29, 1.82) is 0 Å². The molecule has 1 aliphatic carbocycles. The molecule has 4 heteroatoms. The zero-order valence-corrected chi connectivity index (χ0v) is 33.6. The van der Waals surface area contributed by atoms with E-state index in [1.807, 2.05) is 24.3 Å². The van der Waals surface area contributed by atoms with Gasteiger partial charge in [-0.25, -0.2) is 15.0 Å². The van der Waals surface area contributed by atoms with Gasteiger partial charge in [-0.3, -0.25) is 0 Å². The summed E-state index contributed by atoms with van der Waals surface area (Å²) in [7, 11) is 0. The molecule has 2 heterocycles. The Morgan fingerprint density at radius 3 is 1.45 bits per heavy atom. The van der Waals surface area contributed by atoms with Crippen LogP contribution < -0.4 is 0 Å². The van der Waals surface area contributed by atoms with Crippen molar-refractivity contribution in [3.63, 3.8) is 0 Å². The second-order valence-corrected chi connectivity index (χ2v) is 15.9. The predicted octanol–water partition coefficient (Wildman–Crippen LogP) is 14.5. The second-order valence-electron chi connectivity index (χ2n) is 15.9. The minimum absolute atomic E-state index is 0.544. The molecule has 4 nitrogen and oxygen atoms in total. The van der Waals surface area contributed by atoms with Crippen LogP contribution in [0.1, 0.15) is 22.3 Å². The average molecular weight is 792 g/mol. The first-order chi connectivity index (χ1) is 30.7. The topological polar surface area (TPSA) is 51.8 Å². The van der Waals surface area contributed by atoms with Crippen molar-refractivity contribution in [1.82, 2.24) is 15.0 Å². The minimum atomic E-state index is -0.558. The summed E-state index contributed by atoms with van der Waals surface area (Å²) in [5.74, 6) is 1.72. The molecule has 12 rings (SSSR count). The van der Waals surface area contributed by atoms with E-state index in [-0.39, 0.29) is 0 Å². The first-order valence-electron chi connectivity index (χ1n) is 21.0. The molecule has 0 unspecified atom stereocenters. The number of aromatic nitrogens is 3. The van der Waals surface area contributed by atoms with Gasteiger partial charge >= 0.3 is 0 Å². The van der Waals surface area contributed by atoms with Gasteiger partial charge in [0.25, 0.3) is 0 Å². The molecule has 0 fully saturated rings. The van der Waals surface area contributed by atoms with Gasteiger partial charge in [0.05, 0.1) is 11.0 Å². The molecule has 9 aromatic carbocycles. The van der Waals surface area contributed by atoms with Crippen LogP contribution in [0.15, 0.2) is 229 Å². The molecular weight excluding hydrogens is 755 g/mol. The third-order valence-electron chi connectivity index (χ3n) is 12.4. The lowest BCUT2D eigenvalue weighted by atomic mass is 9.67. The Labute approximate surface area is 359 Å². The normalized spacial score (nSPS) is 12.6. The maximum atomic E-state index is 7.02. The number of nitrogens with zero attached hydrogens (tertiary/aromatic N) is 3. The van der Waals surface area contributed by atoms with E-state index < -0.39 is 5.41 Å². The Kier molecular flexibility index (Phi) is 8.36. The highest BCUT2D eigenvalue weighted by atomic mass is 16.3. The SMILES string of the molecule is c1ccc(-c2cc(-c3ccccc3)c3oc4c(-c5nc(-c6ccccc6)nc(-c6cccc(C7(c8ccccc8)c8ccccc8-c8ccccc87)c6)n5)cccc4c3c2)cc1. The van der Waals surface area contributed by atoms with E-state index in [0.717, 1.165) is 66.4 Å². The van der Waals surface area contributed by atoms with E-state index in [2.05, 4.69) is 200 Å². The molecule has 0 N–H and O–H groups in total. The monoisotopic (exact) mass is 791 g/mol. The van der Waals surface area contributed by atoms with E-state index in [0.29, 0.717) is 17.5 Å². The van der Waals surface area contributed by atoms with Crippen LogP contribution in [0.5, 0.6) is 0 Å². The first kappa shape index (κ1) is 35.7. The lowest BCUT2D eigenvalue weighted by Crippen LogP contribution is -2.28. The smallest absolute Gasteiger partial charge is 0.167 e. The third-order valence-corrected chi connectivity index (χ3v) is 12.4. The molecule has 0 radical (unpaired) electrons. The highest BCUT2D eigenvalue weighted by molar-refractivity contribution is 6.14. The fourth-order valence-corrected chi connectivity index (χ4v) is 9.65. The van der Waals surface area contributed by atoms with Crippen LogP contribution >= 0.6 is 0 Å². The average Bonchev–Trinajstić information content (AvgIpc) is 3.89. The Balaban J connectivity index is 1.08. The lowest BCUT2D eigenvalue weighted by Gasteiger charge is -2.34. The van der Waals surface area contributed by atoms with Crippen molar-refractivity contribution in [3.8, 4) is 67.5 Å². The van der Waals surface area contributed by atoms with Crippen molar-refractivity contribution < 1.29 is 4.42 Å². The number of benzene rings is 9. The van der Waals surface area contributed by atoms with Gasteiger partial charge < -0.3 is 4.42 Å². The highest BCUT2D eigenvalue weighted by Crippen LogP contribution is 2.56. The van der Waals surface area contributed by atoms with Gasteiger partial charge in [0.15, 0.2) is 17.5 Å². The summed E-state index contributed by atoms with van der Waals surface area (Å²) in [5, 5.41) is 2.04. The van der Waals surface area contributed by atoms with Crippen LogP contribution in [0.4, 0.5) is 0 Å². The van der Waals surface area contributed by atoms with Crippen molar-refractivity contribution >= 4 is 21.9 Å². The van der Waals surface area contributed by atoms with Gasteiger partial charge in [0.1, 0.15) is 11.2 Å². The van der Waals surface area contributed by atoms with Crippen molar-refractivity contribution in [3.05, 3.63) is 247 Å². The molecule has 0 amide bonds. The quantitative estimate of drug-likeness (QED) is 0.161. The number of fused-ring (bicyclic) bond motifs is 6. The molecule has 0 spiro atoms. The summed E-state index contributed by atoms with van der Waals surface area (Å²) in [6, 6.07) is 79.2. The van der Waals surface area contributed by atoms with Gasteiger partial charge in [-0.2, -0.15) is 0 Å². The zero-order chi connectivity index (χ0) is 41.0. The van der Waals surface area contributed by atoms with E-state index >= 15 is 0 Å². The fraction of sp³-hybridized carbons (Fsp3) is 0.0172. The van der Waals surface area contributed by atoms with Crippen LogP contribution in [0.2, 0.25) is 0 Å². The van der Waals surface area contributed by atoms with Crippen molar-refractivity contribution in [2.45, 2.75) is 5.41 Å². The number of furan rings is 1. The largest absolute Gasteiger partial charge is 0.455 e. The molecule has 0 bridgehead atoms. The third kappa shape index (κ3) is 5.65. The van der Waals surface area contributed by atoms with Crippen LogP contribution in [0, 0.1) is 0 Å². The van der Waals surface area contributed by atoms with E-state index in [9.17, 15) is 0 Å². The van der Waals surface area contributed by atoms with Crippen LogP contribution in [0.25, 0.3) is 89.5 Å². The van der Waals surface area contributed by atoms with Crippen LogP contribution in [-0.4, -0.2) is 15.0 Å². The van der Waals surface area contributed by atoms with Gasteiger partial charge in [0.2, 0.25) is 0 Å². The molecule has 62 heavy (non-hydrogen) atoms. The molecular formula is C58H37N3O. The number of para-hydroxylation sites is 1. The predicted molar refractivity (Wildman–Crippen MR) is 252 cm³/mol. The summed E-state index contributed by atoms with van der Waals surface area (Å²) in [5.41, 5.74) is 15.4. The Hall–Kier alpha value is -8.21. The second kappa shape index (κ2) is 14.5. The zero-order valence-electron chi connectivity index (χ0n) is 33.6. The molecule has 0 saturated heterocycles. The summed E-state index contributed by atoms with van der Waals surface area (Å²) in [6.07, 6.45) is 0. The maximum Gasteiger partial charge on any atom is 0.167 e.